The second-order valence-electron chi connectivity index (χ2n) is 15.8. The maximum atomic E-state index is 6.66. The Kier molecular flexibility index (Phi) is 7.39. The average molecular weight is 826 g/mol. The SMILES string of the molecule is c1ccc(-c2c3ccccc3c(-c3ccc4c(c3)[se]c3c(-c5c6ccccc6c(-c6cccc7c6oc6ccccc67)c6ccccc56)cccc34)c3ccccc23)cc1. The van der Waals surface area contributed by atoms with Gasteiger partial charge in [0, 0.05) is 0 Å². The van der Waals surface area contributed by atoms with Gasteiger partial charge in [-0.2, -0.15) is 0 Å². The molecule has 0 saturated heterocycles. The Morgan fingerprint density at radius 3 is 1.33 bits per heavy atom. The van der Waals surface area contributed by atoms with Crippen LogP contribution in [0.3, 0.4) is 0 Å². The Balaban J connectivity index is 1.06. The van der Waals surface area contributed by atoms with Gasteiger partial charge < -0.3 is 0 Å². The van der Waals surface area contributed by atoms with Crippen LogP contribution in [-0.4, -0.2) is 14.5 Å². The van der Waals surface area contributed by atoms with Crippen LogP contribution < -0.4 is 0 Å². The van der Waals surface area contributed by atoms with Gasteiger partial charge in [-0.1, -0.05) is 0 Å². The van der Waals surface area contributed by atoms with E-state index < -0.39 is 0 Å². The summed E-state index contributed by atoms with van der Waals surface area (Å²) in [7, 11) is 0. The first-order valence-corrected chi connectivity index (χ1v) is 22.3. The Bertz CT molecular complexity index is 3770. The molecule has 0 N–H and O–H groups in total. The van der Waals surface area contributed by atoms with Crippen LogP contribution in [-0.2, 0) is 0 Å². The van der Waals surface area contributed by atoms with E-state index in [1.807, 2.05) is 0 Å². The zero-order valence-corrected chi connectivity index (χ0v) is 34.2. The number of para-hydroxylation sites is 2. The monoisotopic (exact) mass is 826 g/mol. The van der Waals surface area contributed by atoms with Crippen LogP contribution >= 0.6 is 0 Å². The molecule has 2 heterocycles. The molecular weight excluding hydrogens is 792 g/mol. The van der Waals surface area contributed by atoms with Crippen molar-refractivity contribution < 1.29 is 4.42 Å². The van der Waals surface area contributed by atoms with Crippen LogP contribution in [0.5, 0.6) is 0 Å². The molecule has 0 bridgehead atoms. The molecule has 0 fully saturated rings. The summed E-state index contributed by atoms with van der Waals surface area (Å²) in [6, 6.07) is 76.0. The number of benzene rings is 11. The predicted molar refractivity (Wildman–Crippen MR) is 257 cm³/mol. The van der Waals surface area contributed by atoms with E-state index >= 15 is 0 Å². The third-order valence-electron chi connectivity index (χ3n) is 12.7. The fourth-order valence-electron chi connectivity index (χ4n) is 10.2. The third-order valence-corrected chi connectivity index (χ3v) is 15.2. The van der Waals surface area contributed by atoms with E-state index in [1.54, 1.807) is 0 Å². The molecule has 11 aromatic carbocycles. The molecule has 0 aliphatic rings. The number of furan rings is 1. The van der Waals surface area contributed by atoms with E-state index in [0.717, 1.165) is 27.5 Å². The fraction of sp³-hybridized carbons (Fsp3) is 0. The van der Waals surface area contributed by atoms with Crippen LogP contribution in [0.25, 0.3) is 129 Å². The number of hydrogen-bond acceptors (Lipinski definition) is 1. The number of rotatable bonds is 4. The first kappa shape index (κ1) is 33.7. The summed E-state index contributed by atoms with van der Waals surface area (Å²) in [4.78, 5) is 0. The van der Waals surface area contributed by atoms with E-state index in [9.17, 15) is 0 Å². The molecule has 1 nitrogen and oxygen atoms in total. The van der Waals surface area contributed by atoms with Crippen molar-refractivity contribution in [1.82, 2.24) is 0 Å². The van der Waals surface area contributed by atoms with Gasteiger partial charge in [0.1, 0.15) is 0 Å². The van der Waals surface area contributed by atoms with Crippen LogP contribution in [0.1, 0.15) is 0 Å². The molecule has 0 radical (unpaired) electrons. The van der Waals surface area contributed by atoms with E-state index in [2.05, 4.69) is 206 Å². The summed E-state index contributed by atoms with van der Waals surface area (Å²) in [6.07, 6.45) is 0. The average Bonchev–Trinajstić information content (AvgIpc) is 3.89. The van der Waals surface area contributed by atoms with E-state index in [4.69, 9.17) is 4.42 Å². The molecule has 0 saturated carbocycles. The quantitative estimate of drug-likeness (QED) is 0.127. The van der Waals surface area contributed by atoms with Crippen LogP contribution in [0.4, 0.5) is 0 Å². The van der Waals surface area contributed by atoms with Crippen LogP contribution in [0, 0.1) is 0 Å². The van der Waals surface area contributed by atoms with Gasteiger partial charge in [-0.3, -0.25) is 0 Å². The molecule has 0 aliphatic heterocycles. The summed E-state index contributed by atoms with van der Waals surface area (Å²) in [5.74, 6) is 0. The maximum absolute atomic E-state index is 6.66. The van der Waals surface area contributed by atoms with E-state index in [-0.39, 0.29) is 14.5 Å². The summed E-state index contributed by atoms with van der Waals surface area (Å²) in [6.45, 7) is 0. The van der Waals surface area contributed by atoms with Crippen molar-refractivity contribution >= 4 is 98.8 Å². The van der Waals surface area contributed by atoms with Crippen molar-refractivity contribution in [1.29, 1.82) is 0 Å². The number of fused-ring (bicyclic) bond motifs is 10. The Morgan fingerprint density at radius 1 is 0.283 bits per heavy atom. The Labute approximate surface area is 352 Å². The molecule has 0 atom stereocenters. The molecule has 13 rings (SSSR count). The zero-order valence-electron chi connectivity index (χ0n) is 32.4. The van der Waals surface area contributed by atoms with E-state index in [1.165, 1.54) is 101 Å². The zero-order chi connectivity index (χ0) is 39.3. The molecule has 13 aromatic rings. The molecule has 60 heavy (non-hydrogen) atoms. The van der Waals surface area contributed by atoms with Gasteiger partial charge in [0.25, 0.3) is 0 Å². The predicted octanol–water partition coefficient (Wildman–Crippen LogP) is 16.2. The van der Waals surface area contributed by atoms with Crippen molar-refractivity contribution in [3.63, 3.8) is 0 Å². The molecule has 0 aliphatic carbocycles. The molecule has 0 unspecified atom stereocenters. The minimum atomic E-state index is 0.0909. The first-order valence-electron chi connectivity index (χ1n) is 20.6. The van der Waals surface area contributed by atoms with Crippen molar-refractivity contribution in [3.05, 3.63) is 206 Å². The molecule has 2 aromatic heterocycles. The Morgan fingerprint density at radius 2 is 0.733 bits per heavy atom. The van der Waals surface area contributed by atoms with Crippen molar-refractivity contribution in [2.75, 3.05) is 0 Å². The summed E-state index contributed by atoms with van der Waals surface area (Å²) in [5, 5.41) is 15.1. The van der Waals surface area contributed by atoms with Crippen LogP contribution in [0.2, 0.25) is 0 Å². The Hall–Kier alpha value is -7.22. The topological polar surface area (TPSA) is 13.1 Å². The van der Waals surface area contributed by atoms with Gasteiger partial charge >= 0.3 is 354 Å². The molecular formula is C58H34OSe. The van der Waals surface area contributed by atoms with Crippen molar-refractivity contribution in [2.45, 2.75) is 0 Å². The fourth-order valence-corrected chi connectivity index (χ4v) is 12.8. The summed E-state index contributed by atoms with van der Waals surface area (Å²) < 4.78 is 9.55. The standard InChI is InChI=1S/C58H34OSe/c1-2-16-35(17-3-1)53-39-19-4-6-21-41(39)54(42-22-7-5-20-40(42)53)36-32-33-38-48-28-15-30-50(58(48)60-52(38)34-36)56-45-25-10-8-23-43(45)55(44-24-9-11-26-46(44)56)49-29-14-27-47-37-18-12-13-31-51(37)59-57(47)49/h1-34H. The van der Waals surface area contributed by atoms with Gasteiger partial charge in [0.2, 0.25) is 0 Å². The van der Waals surface area contributed by atoms with E-state index in [0.29, 0.717) is 0 Å². The van der Waals surface area contributed by atoms with Gasteiger partial charge in [0.05, 0.1) is 0 Å². The van der Waals surface area contributed by atoms with Crippen LogP contribution in [0.15, 0.2) is 211 Å². The second-order valence-corrected chi connectivity index (χ2v) is 18.0. The van der Waals surface area contributed by atoms with Gasteiger partial charge in [0.15, 0.2) is 0 Å². The van der Waals surface area contributed by atoms with Crippen molar-refractivity contribution in [3.8, 4) is 44.5 Å². The summed E-state index contributed by atoms with van der Waals surface area (Å²) >= 11 is 0.0909. The van der Waals surface area contributed by atoms with Crippen molar-refractivity contribution in [2.24, 2.45) is 0 Å². The summed E-state index contributed by atoms with van der Waals surface area (Å²) in [5.41, 5.74) is 12.0. The van der Waals surface area contributed by atoms with Gasteiger partial charge in [-0.25, -0.2) is 0 Å². The minimum absolute atomic E-state index is 0.0909. The molecule has 278 valence electrons. The second kappa shape index (κ2) is 13.1. The third kappa shape index (κ3) is 4.87. The molecule has 0 spiro atoms. The molecule has 2 heteroatoms. The normalized spacial score (nSPS) is 12.0. The number of hydrogen-bond donors (Lipinski definition) is 0. The van der Waals surface area contributed by atoms with Gasteiger partial charge in [-0.05, 0) is 0 Å². The van der Waals surface area contributed by atoms with Gasteiger partial charge in [-0.15, -0.1) is 0 Å². The molecule has 0 amide bonds. The first-order chi connectivity index (χ1) is 29.8.